The summed E-state index contributed by atoms with van der Waals surface area (Å²) in [5.74, 6) is -0.267. The number of hydrogen-bond donors (Lipinski definition) is 1. The van der Waals surface area contributed by atoms with Crippen LogP contribution in [-0.2, 0) is 14.3 Å². The van der Waals surface area contributed by atoms with Crippen LogP contribution in [0.4, 0.5) is 0 Å². The molecule has 0 radical (unpaired) electrons. The molecule has 13 heavy (non-hydrogen) atoms. The van der Waals surface area contributed by atoms with Gasteiger partial charge in [-0.1, -0.05) is 0 Å². The summed E-state index contributed by atoms with van der Waals surface area (Å²) >= 11 is 0. The van der Waals surface area contributed by atoms with Gasteiger partial charge in [0.15, 0.2) is 6.10 Å². The van der Waals surface area contributed by atoms with Gasteiger partial charge < -0.3 is 14.8 Å². The van der Waals surface area contributed by atoms with Crippen molar-refractivity contribution in [3.8, 4) is 0 Å². The molecule has 1 N–H and O–H groups in total. The Kier molecular flexibility index (Phi) is 6.03. The summed E-state index contributed by atoms with van der Waals surface area (Å²) < 4.78 is 10.1. The van der Waals surface area contributed by atoms with E-state index in [1.807, 2.05) is 6.92 Å². The first-order chi connectivity index (χ1) is 5.74. The smallest absolute Gasteiger partial charge is 0.336 e. The average molecular weight is 210 g/mol. The van der Waals surface area contributed by atoms with Crippen molar-refractivity contribution in [1.29, 1.82) is 0 Å². The van der Waals surface area contributed by atoms with Crippen molar-refractivity contribution >= 4 is 18.4 Å². The molecule has 1 saturated heterocycles. The molecule has 2 atom stereocenters. The van der Waals surface area contributed by atoms with Crippen LogP contribution in [0.15, 0.2) is 0 Å². The summed E-state index contributed by atoms with van der Waals surface area (Å²) in [4.78, 5) is 11.1. The zero-order valence-corrected chi connectivity index (χ0v) is 8.73. The summed E-state index contributed by atoms with van der Waals surface area (Å²) in [6, 6.07) is 0.329. The van der Waals surface area contributed by atoms with E-state index in [2.05, 4.69) is 5.32 Å². The van der Waals surface area contributed by atoms with Gasteiger partial charge >= 0.3 is 5.97 Å². The highest BCUT2D eigenvalue weighted by Crippen LogP contribution is 2.02. The third kappa shape index (κ3) is 3.93. The molecule has 0 aromatic heterocycles. The summed E-state index contributed by atoms with van der Waals surface area (Å²) in [6.07, 6.45) is -0.416. The Morgan fingerprint density at radius 3 is 2.85 bits per heavy atom. The van der Waals surface area contributed by atoms with Crippen LogP contribution in [0.25, 0.3) is 0 Å². The third-order valence-electron chi connectivity index (χ3n) is 1.75. The molecule has 1 aliphatic heterocycles. The summed E-state index contributed by atoms with van der Waals surface area (Å²) in [5.41, 5.74) is 0. The normalized spacial score (nSPS) is 27.5. The van der Waals surface area contributed by atoms with Crippen molar-refractivity contribution in [2.24, 2.45) is 0 Å². The van der Waals surface area contributed by atoms with Crippen LogP contribution in [0, 0.1) is 0 Å². The van der Waals surface area contributed by atoms with Crippen molar-refractivity contribution in [3.63, 3.8) is 0 Å². The van der Waals surface area contributed by atoms with Crippen LogP contribution < -0.4 is 5.32 Å². The van der Waals surface area contributed by atoms with Crippen LogP contribution in [0.5, 0.6) is 0 Å². The molecule has 78 valence electrons. The molecular formula is C8H16ClNO3. The Hall–Kier alpha value is -0.320. The van der Waals surface area contributed by atoms with Gasteiger partial charge in [-0.25, -0.2) is 4.79 Å². The highest BCUT2D eigenvalue weighted by atomic mass is 35.5. The van der Waals surface area contributed by atoms with E-state index in [0.29, 0.717) is 25.8 Å². The highest BCUT2D eigenvalue weighted by molar-refractivity contribution is 5.85. The third-order valence-corrected chi connectivity index (χ3v) is 1.75. The molecule has 0 saturated carbocycles. The van der Waals surface area contributed by atoms with Crippen LogP contribution in [-0.4, -0.2) is 37.9 Å². The molecule has 1 heterocycles. The van der Waals surface area contributed by atoms with E-state index in [-0.39, 0.29) is 18.4 Å². The van der Waals surface area contributed by atoms with E-state index in [1.165, 1.54) is 0 Å². The second kappa shape index (κ2) is 6.18. The van der Waals surface area contributed by atoms with Crippen molar-refractivity contribution in [1.82, 2.24) is 5.32 Å². The first-order valence-corrected chi connectivity index (χ1v) is 4.25. The number of rotatable bonds is 2. The Morgan fingerprint density at radius 1 is 1.69 bits per heavy atom. The van der Waals surface area contributed by atoms with Crippen LogP contribution in [0.2, 0.25) is 0 Å². The minimum atomic E-state index is -0.416. The molecule has 1 aliphatic rings. The second-order valence-electron chi connectivity index (χ2n) is 2.88. The summed E-state index contributed by atoms with van der Waals surface area (Å²) in [6.45, 7) is 5.34. The second-order valence-corrected chi connectivity index (χ2v) is 2.88. The maximum Gasteiger partial charge on any atom is 0.336 e. The molecule has 5 heteroatoms. The van der Waals surface area contributed by atoms with Gasteiger partial charge in [-0.3, -0.25) is 0 Å². The van der Waals surface area contributed by atoms with Crippen molar-refractivity contribution < 1.29 is 14.3 Å². The van der Waals surface area contributed by atoms with Crippen molar-refractivity contribution in [2.45, 2.75) is 26.0 Å². The van der Waals surface area contributed by atoms with E-state index in [4.69, 9.17) is 9.47 Å². The van der Waals surface area contributed by atoms with Gasteiger partial charge in [0, 0.05) is 12.6 Å². The van der Waals surface area contributed by atoms with E-state index in [1.54, 1.807) is 6.92 Å². The molecule has 0 aliphatic carbocycles. The minimum Gasteiger partial charge on any atom is -0.464 e. The highest BCUT2D eigenvalue weighted by Gasteiger charge is 2.25. The summed E-state index contributed by atoms with van der Waals surface area (Å²) in [7, 11) is 0. The first-order valence-electron chi connectivity index (χ1n) is 4.25. The van der Waals surface area contributed by atoms with E-state index < -0.39 is 6.10 Å². The van der Waals surface area contributed by atoms with E-state index in [9.17, 15) is 4.79 Å². The Morgan fingerprint density at radius 2 is 2.38 bits per heavy atom. The van der Waals surface area contributed by atoms with Gasteiger partial charge in [0.25, 0.3) is 0 Å². The molecular weight excluding hydrogens is 194 g/mol. The van der Waals surface area contributed by atoms with Crippen molar-refractivity contribution in [3.05, 3.63) is 0 Å². The number of carbonyl (C=O) groups is 1. The lowest BCUT2D eigenvalue weighted by Gasteiger charge is -2.26. The zero-order valence-electron chi connectivity index (χ0n) is 7.91. The monoisotopic (exact) mass is 209 g/mol. The fourth-order valence-electron chi connectivity index (χ4n) is 1.07. The van der Waals surface area contributed by atoms with Crippen molar-refractivity contribution in [2.75, 3.05) is 19.8 Å². The molecule has 0 unspecified atom stereocenters. The molecule has 4 nitrogen and oxygen atoms in total. The standard InChI is InChI=1S/C8H15NO3.ClH/c1-3-11-8(10)7-4-9-6(2)5-12-7;/h6-7,9H,3-5H2,1-2H3;1H/t6-,7-;/m1./s1. The lowest BCUT2D eigenvalue weighted by Crippen LogP contribution is -2.48. The fourth-order valence-corrected chi connectivity index (χ4v) is 1.07. The largest absolute Gasteiger partial charge is 0.464 e. The molecule has 0 aromatic carbocycles. The minimum absolute atomic E-state index is 0. The predicted octanol–water partition coefficient (Wildman–Crippen LogP) is 0.348. The topological polar surface area (TPSA) is 47.6 Å². The SMILES string of the molecule is CCOC(=O)[C@H]1CN[C@H](C)CO1.Cl. The molecule has 1 fully saturated rings. The van der Waals surface area contributed by atoms with Crippen LogP contribution in [0.1, 0.15) is 13.8 Å². The van der Waals surface area contributed by atoms with E-state index >= 15 is 0 Å². The van der Waals surface area contributed by atoms with Crippen LogP contribution in [0.3, 0.4) is 0 Å². The fraction of sp³-hybridized carbons (Fsp3) is 0.875. The maximum atomic E-state index is 11.1. The number of ether oxygens (including phenoxy) is 2. The maximum absolute atomic E-state index is 11.1. The lowest BCUT2D eigenvalue weighted by atomic mass is 10.2. The van der Waals surface area contributed by atoms with E-state index in [0.717, 1.165) is 0 Å². The van der Waals surface area contributed by atoms with Gasteiger partial charge in [-0.05, 0) is 13.8 Å². The van der Waals surface area contributed by atoms with Gasteiger partial charge in [0.1, 0.15) is 0 Å². The number of esters is 1. The molecule has 0 spiro atoms. The Labute approximate surface area is 84.4 Å². The lowest BCUT2D eigenvalue weighted by molar-refractivity contribution is -0.159. The number of hydrogen-bond acceptors (Lipinski definition) is 4. The quantitative estimate of drug-likeness (QED) is 0.667. The number of carbonyl (C=O) groups excluding carboxylic acids is 1. The molecule has 1 rings (SSSR count). The molecule has 0 amide bonds. The number of halogens is 1. The van der Waals surface area contributed by atoms with Gasteiger partial charge in [0.05, 0.1) is 13.2 Å². The van der Waals surface area contributed by atoms with Gasteiger partial charge in [0.2, 0.25) is 0 Å². The number of morpholine rings is 1. The average Bonchev–Trinajstić information content (AvgIpc) is 2.06. The predicted molar refractivity (Wildman–Crippen MR) is 51.1 cm³/mol. The Balaban J connectivity index is 0.00000144. The summed E-state index contributed by atoms with van der Waals surface area (Å²) in [5, 5.41) is 3.15. The Bertz CT molecular complexity index is 157. The number of nitrogens with one attached hydrogen (secondary N) is 1. The molecule has 0 bridgehead atoms. The molecule has 0 aromatic rings. The zero-order chi connectivity index (χ0) is 8.97. The van der Waals surface area contributed by atoms with Gasteiger partial charge in [-0.15, -0.1) is 12.4 Å². The van der Waals surface area contributed by atoms with Gasteiger partial charge in [-0.2, -0.15) is 0 Å². The first kappa shape index (κ1) is 12.7. The van der Waals surface area contributed by atoms with Crippen LogP contribution >= 0.6 is 12.4 Å².